The van der Waals surface area contributed by atoms with Gasteiger partial charge in [-0.1, -0.05) is 12.1 Å². The predicted molar refractivity (Wildman–Crippen MR) is 69.1 cm³/mol. The molecule has 0 unspecified atom stereocenters. The fourth-order valence-corrected chi connectivity index (χ4v) is 1.93. The van der Waals surface area contributed by atoms with Crippen molar-refractivity contribution in [3.8, 4) is 11.1 Å². The van der Waals surface area contributed by atoms with E-state index < -0.39 is 28.7 Å². The Morgan fingerprint density at radius 1 is 1.24 bits per heavy atom. The van der Waals surface area contributed by atoms with Crippen molar-refractivity contribution in [1.82, 2.24) is 4.57 Å². The first-order valence-corrected chi connectivity index (χ1v) is 5.81. The number of nitrogens with zero attached hydrogens (tertiary/aromatic N) is 1. The molecule has 1 aromatic carbocycles. The Morgan fingerprint density at radius 3 is 2.48 bits per heavy atom. The van der Waals surface area contributed by atoms with Crippen LogP contribution in [0.15, 0.2) is 41.5 Å². The molecule has 0 aliphatic carbocycles. The molecule has 1 N–H and O–H groups in total. The van der Waals surface area contributed by atoms with E-state index in [0.29, 0.717) is 0 Å². The summed E-state index contributed by atoms with van der Waals surface area (Å²) in [4.78, 5) is 23.0. The first-order chi connectivity index (χ1) is 9.70. The van der Waals surface area contributed by atoms with Gasteiger partial charge in [-0.3, -0.25) is 4.79 Å². The van der Waals surface area contributed by atoms with Gasteiger partial charge < -0.3 is 9.67 Å². The highest BCUT2D eigenvalue weighted by Crippen LogP contribution is 2.31. The molecule has 0 spiro atoms. The van der Waals surface area contributed by atoms with Crippen LogP contribution in [0, 0.1) is 0 Å². The zero-order valence-corrected chi connectivity index (χ0v) is 10.8. The van der Waals surface area contributed by atoms with Gasteiger partial charge in [0, 0.05) is 25.0 Å². The summed E-state index contributed by atoms with van der Waals surface area (Å²) in [7, 11) is 1.49. The highest BCUT2D eigenvalue weighted by atomic mass is 19.4. The number of halogens is 3. The van der Waals surface area contributed by atoms with Gasteiger partial charge in [0.25, 0.3) is 0 Å². The lowest BCUT2D eigenvalue weighted by molar-refractivity contribution is -0.137. The molecule has 7 heteroatoms. The van der Waals surface area contributed by atoms with Crippen LogP contribution in [-0.4, -0.2) is 15.6 Å². The van der Waals surface area contributed by atoms with E-state index in [0.717, 1.165) is 18.3 Å². The number of aromatic carboxylic acids is 1. The fraction of sp³-hybridized carbons (Fsp3) is 0.143. The molecule has 1 aromatic heterocycles. The van der Waals surface area contributed by atoms with Crippen LogP contribution in [0.5, 0.6) is 0 Å². The highest BCUT2D eigenvalue weighted by Gasteiger charge is 2.30. The second kappa shape index (κ2) is 5.08. The van der Waals surface area contributed by atoms with Crippen molar-refractivity contribution in [3.63, 3.8) is 0 Å². The molecule has 0 fully saturated rings. The van der Waals surface area contributed by atoms with Crippen molar-refractivity contribution >= 4 is 5.97 Å². The topological polar surface area (TPSA) is 59.3 Å². The van der Waals surface area contributed by atoms with E-state index in [1.165, 1.54) is 29.9 Å². The summed E-state index contributed by atoms with van der Waals surface area (Å²) in [6, 6.07) is 4.21. The van der Waals surface area contributed by atoms with E-state index in [9.17, 15) is 22.8 Å². The molecule has 0 amide bonds. The number of pyridine rings is 1. The van der Waals surface area contributed by atoms with Crippen molar-refractivity contribution in [2.45, 2.75) is 6.18 Å². The third-order valence-corrected chi connectivity index (χ3v) is 2.89. The summed E-state index contributed by atoms with van der Waals surface area (Å²) < 4.78 is 39.4. The van der Waals surface area contributed by atoms with Gasteiger partial charge in [-0.15, -0.1) is 0 Å². The number of benzene rings is 1. The average molecular weight is 297 g/mol. The molecular formula is C14H10F3NO3. The third-order valence-electron chi connectivity index (χ3n) is 2.89. The van der Waals surface area contributed by atoms with E-state index in [-0.39, 0.29) is 11.1 Å². The molecule has 0 aliphatic rings. The molecule has 0 radical (unpaired) electrons. The number of rotatable bonds is 2. The lowest BCUT2D eigenvalue weighted by Gasteiger charge is -2.10. The Kier molecular flexibility index (Phi) is 3.59. The highest BCUT2D eigenvalue weighted by molar-refractivity contribution is 5.88. The number of alkyl halides is 3. The van der Waals surface area contributed by atoms with Gasteiger partial charge in [-0.05, 0) is 17.7 Å². The predicted octanol–water partition coefficient (Wildman–Crippen LogP) is 2.77. The summed E-state index contributed by atoms with van der Waals surface area (Å²) in [5, 5.41) is 8.95. The zero-order valence-electron chi connectivity index (χ0n) is 10.8. The Hall–Kier alpha value is -2.57. The number of carboxylic acids is 1. The van der Waals surface area contributed by atoms with Crippen molar-refractivity contribution in [2.75, 3.05) is 0 Å². The summed E-state index contributed by atoms with van der Waals surface area (Å²) in [5.41, 5.74) is -2.29. The van der Waals surface area contributed by atoms with Gasteiger partial charge in [0.2, 0.25) is 5.43 Å². The summed E-state index contributed by atoms with van der Waals surface area (Å²) in [6.45, 7) is 0. The van der Waals surface area contributed by atoms with Crippen LogP contribution in [0.3, 0.4) is 0 Å². The van der Waals surface area contributed by atoms with Crippen LogP contribution in [0.25, 0.3) is 11.1 Å². The first-order valence-electron chi connectivity index (χ1n) is 5.81. The molecule has 0 atom stereocenters. The van der Waals surface area contributed by atoms with E-state index in [4.69, 9.17) is 5.11 Å². The molecule has 0 aliphatic heterocycles. The quantitative estimate of drug-likeness (QED) is 0.927. The molecule has 0 bridgehead atoms. The number of carbonyl (C=O) groups is 1. The smallest absolute Gasteiger partial charge is 0.416 e. The Bertz CT molecular complexity index is 763. The van der Waals surface area contributed by atoms with Crippen LogP contribution in [-0.2, 0) is 13.2 Å². The van der Waals surface area contributed by atoms with E-state index in [2.05, 4.69) is 0 Å². The maximum absolute atomic E-state index is 12.7. The molecule has 2 aromatic rings. The Morgan fingerprint density at radius 2 is 1.90 bits per heavy atom. The lowest BCUT2D eigenvalue weighted by atomic mass is 10.0. The van der Waals surface area contributed by atoms with Gasteiger partial charge >= 0.3 is 12.1 Å². The second-order valence-corrected chi connectivity index (χ2v) is 4.46. The van der Waals surface area contributed by atoms with Gasteiger partial charge in [0.15, 0.2) is 0 Å². The van der Waals surface area contributed by atoms with Crippen LogP contribution in [0.4, 0.5) is 13.2 Å². The number of aromatic nitrogens is 1. The molecule has 0 saturated heterocycles. The Balaban J connectivity index is 2.68. The summed E-state index contributed by atoms with van der Waals surface area (Å²) >= 11 is 0. The minimum absolute atomic E-state index is 0.0218. The second-order valence-electron chi connectivity index (χ2n) is 4.46. The monoisotopic (exact) mass is 297 g/mol. The van der Waals surface area contributed by atoms with Crippen molar-refractivity contribution in [2.24, 2.45) is 7.05 Å². The third kappa shape index (κ3) is 2.96. The van der Waals surface area contributed by atoms with Crippen LogP contribution in [0.1, 0.15) is 15.9 Å². The Labute approximate surface area is 117 Å². The molecule has 0 saturated carbocycles. The first kappa shape index (κ1) is 14.8. The number of hydrogen-bond acceptors (Lipinski definition) is 2. The molecule has 110 valence electrons. The van der Waals surface area contributed by atoms with Crippen molar-refractivity contribution in [1.29, 1.82) is 0 Å². The number of carboxylic acid groups (broad SMARTS) is 1. The van der Waals surface area contributed by atoms with E-state index >= 15 is 0 Å². The van der Waals surface area contributed by atoms with Gasteiger partial charge in [-0.25, -0.2) is 4.79 Å². The van der Waals surface area contributed by atoms with Crippen LogP contribution >= 0.6 is 0 Å². The maximum Gasteiger partial charge on any atom is 0.416 e. The lowest BCUT2D eigenvalue weighted by Crippen LogP contribution is -2.19. The number of hydrogen-bond donors (Lipinski definition) is 1. The standard InChI is InChI=1S/C14H10F3NO3/c1-18-6-10(12(19)11(7-18)13(20)21)8-3-2-4-9(5-8)14(15,16)17/h2-7H,1H3,(H,20,21). The van der Waals surface area contributed by atoms with E-state index in [1.54, 1.807) is 0 Å². The molecule has 2 rings (SSSR count). The molecule has 4 nitrogen and oxygen atoms in total. The SMILES string of the molecule is Cn1cc(C(=O)O)c(=O)c(-c2cccc(C(F)(F)F)c2)c1. The fourth-order valence-electron chi connectivity index (χ4n) is 1.93. The minimum atomic E-state index is -4.54. The minimum Gasteiger partial charge on any atom is -0.477 e. The molecule has 1 heterocycles. The molecular weight excluding hydrogens is 287 g/mol. The van der Waals surface area contributed by atoms with Crippen molar-refractivity contribution in [3.05, 3.63) is 58.0 Å². The molecule has 21 heavy (non-hydrogen) atoms. The zero-order chi connectivity index (χ0) is 15.8. The van der Waals surface area contributed by atoms with Gasteiger partial charge in [0.1, 0.15) is 5.56 Å². The van der Waals surface area contributed by atoms with Gasteiger partial charge in [-0.2, -0.15) is 13.2 Å². The summed E-state index contributed by atoms with van der Waals surface area (Å²) in [6.07, 6.45) is -2.13. The van der Waals surface area contributed by atoms with E-state index in [1.807, 2.05) is 0 Å². The normalized spacial score (nSPS) is 11.4. The maximum atomic E-state index is 12.7. The number of aryl methyl sites for hydroxylation is 1. The van der Waals surface area contributed by atoms with Crippen molar-refractivity contribution < 1.29 is 23.1 Å². The van der Waals surface area contributed by atoms with Gasteiger partial charge in [0.05, 0.1) is 5.56 Å². The largest absolute Gasteiger partial charge is 0.477 e. The summed E-state index contributed by atoms with van der Waals surface area (Å²) in [5.74, 6) is -1.43. The van der Waals surface area contributed by atoms with Crippen LogP contribution in [0.2, 0.25) is 0 Å². The average Bonchev–Trinajstić information content (AvgIpc) is 2.40. The van der Waals surface area contributed by atoms with Crippen LogP contribution < -0.4 is 5.43 Å².